The summed E-state index contributed by atoms with van der Waals surface area (Å²) in [7, 11) is 3.30. The van der Waals surface area contributed by atoms with Crippen LogP contribution in [0.25, 0.3) is 0 Å². The van der Waals surface area contributed by atoms with E-state index in [1.165, 1.54) is 17.7 Å². The van der Waals surface area contributed by atoms with Crippen molar-refractivity contribution in [2.75, 3.05) is 20.6 Å². The Kier molecular flexibility index (Phi) is 4.62. The average molecular weight is 348 g/mol. The van der Waals surface area contributed by atoms with Crippen LogP contribution in [0.2, 0.25) is 0 Å². The van der Waals surface area contributed by atoms with Crippen LogP contribution in [0.1, 0.15) is 33.1 Å². The highest BCUT2D eigenvalue weighted by molar-refractivity contribution is 6.22. The average Bonchev–Trinajstić information content (AvgIpc) is 2.96. The van der Waals surface area contributed by atoms with Gasteiger partial charge in [0.05, 0.1) is 7.05 Å². The Morgan fingerprint density at radius 2 is 2.08 bits per heavy atom. The SMILES string of the molecule is CC1CCCC(NC(=O)CN2C(=O)C3C(=NC=[N+]3C)N(C)C2=O)C1C. The van der Waals surface area contributed by atoms with Crippen molar-refractivity contribution in [3.63, 3.8) is 0 Å². The van der Waals surface area contributed by atoms with Crippen LogP contribution >= 0.6 is 0 Å². The topological polar surface area (TPSA) is 85.1 Å². The van der Waals surface area contributed by atoms with Gasteiger partial charge in [-0.25, -0.2) is 9.37 Å². The molecule has 8 heteroatoms. The fourth-order valence-corrected chi connectivity index (χ4v) is 3.87. The van der Waals surface area contributed by atoms with Crippen LogP contribution in [0.5, 0.6) is 0 Å². The molecule has 4 unspecified atom stereocenters. The Hall–Kier alpha value is -2.25. The zero-order chi connectivity index (χ0) is 18.3. The van der Waals surface area contributed by atoms with Gasteiger partial charge in [0.25, 0.3) is 24.1 Å². The van der Waals surface area contributed by atoms with Crippen LogP contribution < -0.4 is 5.32 Å². The molecule has 3 rings (SSSR count). The van der Waals surface area contributed by atoms with Gasteiger partial charge >= 0.3 is 6.03 Å². The number of imide groups is 1. The van der Waals surface area contributed by atoms with E-state index in [9.17, 15) is 14.4 Å². The van der Waals surface area contributed by atoms with Gasteiger partial charge in [0.2, 0.25) is 5.91 Å². The first-order chi connectivity index (χ1) is 11.8. The van der Waals surface area contributed by atoms with Crippen molar-refractivity contribution < 1.29 is 19.0 Å². The molecule has 25 heavy (non-hydrogen) atoms. The summed E-state index contributed by atoms with van der Waals surface area (Å²) < 4.78 is 1.65. The molecule has 2 fully saturated rings. The number of carbonyl (C=O) groups is 3. The van der Waals surface area contributed by atoms with Gasteiger partial charge in [0.15, 0.2) is 0 Å². The quantitative estimate of drug-likeness (QED) is 0.743. The summed E-state index contributed by atoms with van der Waals surface area (Å²) in [4.78, 5) is 44.1. The minimum absolute atomic E-state index is 0.101. The number of nitrogens with zero attached hydrogens (tertiary/aromatic N) is 4. The molecule has 0 bridgehead atoms. The van der Waals surface area contributed by atoms with E-state index in [1.54, 1.807) is 18.7 Å². The second kappa shape index (κ2) is 6.57. The number of rotatable bonds is 3. The van der Waals surface area contributed by atoms with E-state index in [2.05, 4.69) is 24.2 Å². The maximum absolute atomic E-state index is 12.7. The Morgan fingerprint density at radius 1 is 1.36 bits per heavy atom. The van der Waals surface area contributed by atoms with Crippen LogP contribution in [0.4, 0.5) is 4.79 Å². The highest BCUT2D eigenvalue weighted by Crippen LogP contribution is 2.29. The predicted molar refractivity (Wildman–Crippen MR) is 92.5 cm³/mol. The van der Waals surface area contributed by atoms with Gasteiger partial charge in [0.1, 0.15) is 6.54 Å². The number of amidine groups is 1. The van der Waals surface area contributed by atoms with Gasteiger partial charge in [-0.3, -0.25) is 19.4 Å². The Labute approximate surface area is 147 Å². The summed E-state index contributed by atoms with van der Waals surface area (Å²) >= 11 is 0. The summed E-state index contributed by atoms with van der Waals surface area (Å²) in [5.41, 5.74) is 0. The molecule has 136 valence electrons. The van der Waals surface area contributed by atoms with E-state index in [0.717, 1.165) is 17.7 Å². The molecule has 1 N–H and O–H groups in total. The lowest BCUT2D eigenvalue weighted by Gasteiger charge is -2.36. The lowest BCUT2D eigenvalue weighted by Crippen LogP contribution is -2.64. The minimum Gasteiger partial charge on any atom is -0.352 e. The summed E-state index contributed by atoms with van der Waals surface area (Å²) in [6.45, 7) is 4.09. The van der Waals surface area contributed by atoms with Crippen LogP contribution in [0.3, 0.4) is 0 Å². The molecule has 2 heterocycles. The first-order valence-corrected chi connectivity index (χ1v) is 8.82. The maximum Gasteiger partial charge on any atom is 0.334 e. The molecule has 1 saturated carbocycles. The lowest BCUT2D eigenvalue weighted by molar-refractivity contribution is -0.500. The van der Waals surface area contributed by atoms with Crippen molar-refractivity contribution in [1.29, 1.82) is 0 Å². The van der Waals surface area contributed by atoms with Gasteiger partial charge in [-0.1, -0.05) is 26.7 Å². The standard InChI is InChI=1S/C17H25N5O3/c1-10-6-5-7-12(11(10)2)19-13(23)8-22-16(24)14-15(18-9-20(14)3)21(4)17(22)25/h9-12,14H,5-8H2,1-4H3/p+1. The fraction of sp³-hybridized carbons (Fsp3) is 0.706. The number of carbonyl (C=O) groups excluding carboxylic acids is 3. The van der Waals surface area contributed by atoms with Crippen molar-refractivity contribution in [3.05, 3.63) is 0 Å². The maximum atomic E-state index is 12.7. The highest BCUT2D eigenvalue weighted by Gasteiger charge is 2.51. The Bertz CT molecular complexity index is 671. The molecule has 1 aliphatic carbocycles. The zero-order valence-electron chi connectivity index (χ0n) is 15.2. The third-order valence-corrected chi connectivity index (χ3v) is 5.74. The van der Waals surface area contributed by atoms with Crippen molar-refractivity contribution in [3.8, 4) is 0 Å². The molecule has 8 nitrogen and oxygen atoms in total. The zero-order valence-corrected chi connectivity index (χ0v) is 15.2. The highest BCUT2D eigenvalue weighted by atomic mass is 16.2. The molecule has 0 radical (unpaired) electrons. The van der Waals surface area contributed by atoms with E-state index in [1.807, 2.05) is 0 Å². The number of amides is 4. The smallest absolute Gasteiger partial charge is 0.334 e. The number of likely N-dealkylation sites (N-methyl/N-ethyl adjacent to an activating group) is 2. The fourth-order valence-electron chi connectivity index (χ4n) is 3.87. The molecule has 4 amide bonds. The number of fused-ring (bicyclic) bond motifs is 1. The summed E-state index contributed by atoms with van der Waals surface area (Å²) in [6.07, 6.45) is 4.73. The first kappa shape index (κ1) is 17.6. The molecule has 0 spiro atoms. The lowest BCUT2D eigenvalue weighted by atomic mass is 9.78. The van der Waals surface area contributed by atoms with Crippen LogP contribution in [0, 0.1) is 11.8 Å². The summed E-state index contributed by atoms with van der Waals surface area (Å²) in [5.74, 6) is 0.667. The van der Waals surface area contributed by atoms with Gasteiger partial charge in [-0.05, 0) is 23.2 Å². The second-order valence-corrected chi connectivity index (χ2v) is 7.38. The van der Waals surface area contributed by atoms with Crippen molar-refractivity contribution in [1.82, 2.24) is 15.1 Å². The third kappa shape index (κ3) is 3.05. The summed E-state index contributed by atoms with van der Waals surface area (Å²) in [6, 6.07) is -1.04. The molecular formula is C17H26N5O3+. The van der Waals surface area contributed by atoms with Crippen LogP contribution in [-0.2, 0) is 9.59 Å². The first-order valence-electron chi connectivity index (χ1n) is 8.82. The van der Waals surface area contributed by atoms with Gasteiger partial charge in [-0.15, -0.1) is 0 Å². The number of urea groups is 1. The molecule has 0 aromatic heterocycles. The van der Waals surface area contributed by atoms with Gasteiger partial charge < -0.3 is 5.32 Å². The molecule has 1 saturated heterocycles. The minimum atomic E-state index is -0.635. The predicted octanol–water partition coefficient (Wildman–Crippen LogP) is 0.273. The van der Waals surface area contributed by atoms with E-state index < -0.39 is 18.0 Å². The number of hydrogen-bond acceptors (Lipinski definition) is 4. The van der Waals surface area contributed by atoms with Crippen LogP contribution in [-0.4, -0.2) is 77.1 Å². The van der Waals surface area contributed by atoms with E-state index in [0.29, 0.717) is 17.7 Å². The summed E-state index contributed by atoms with van der Waals surface area (Å²) in [5, 5.41) is 3.02. The monoisotopic (exact) mass is 348 g/mol. The third-order valence-electron chi connectivity index (χ3n) is 5.74. The molecule has 0 aromatic carbocycles. The molecule has 4 atom stereocenters. The van der Waals surface area contributed by atoms with Crippen molar-refractivity contribution >= 4 is 30.0 Å². The second-order valence-electron chi connectivity index (χ2n) is 7.38. The number of aliphatic imine (C=N–C) groups is 1. The Morgan fingerprint density at radius 3 is 2.80 bits per heavy atom. The molecule has 3 aliphatic rings. The molecule has 2 aliphatic heterocycles. The normalized spacial score (nSPS) is 32.3. The van der Waals surface area contributed by atoms with Crippen molar-refractivity contribution in [2.24, 2.45) is 16.8 Å². The van der Waals surface area contributed by atoms with Crippen LogP contribution in [0.15, 0.2) is 4.99 Å². The number of hydrogen-bond donors (Lipinski definition) is 1. The molecular weight excluding hydrogens is 322 g/mol. The van der Waals surface area contributed by atoms with Gasteiger partial charge in [0, 0.05) is 13.1 Å². The van der Waals surface area contributed by atoms with E-state index in [-0.39, 0.29) is 18.5 Å². The molecule has 0 aromatic rings. The van der Waals surface area contributed by atoms with Crippen molar-refractivity contribution in [2.45, 2.75) is 45.2 Å². The number of nitrogens with one attached hydrogen (secondary N) is 1. The van der Waals surface area contributed by atoms with E-state index >= 15 is 0 Å². The van der Waals surface area contributed by atoms with Gasteiger partial charge in [-0.2, -0.15) is 0 Å². The largest absolute Gasteiger partial charge is 0.352 e. The Balaban J connectivity index is 1.68. The van der Waals surface area contributed by atoms with E-state index in [4.69, 9.17) is 0 Å².